The summed E-state index contributed by atoms with van der Waals surface area (Å²) in [5, 5.41) is 12.5. The van der Waals surface area contributed by atoms with Crippen molar-refractivity contribution in [2.75, 3.05) is 19.8 Å². The van der Waals surface area contributed by atoms with E-state index in [4.69, 9.17) is 26.2 Å². The minimum atomic E-state index is -0.371. The van der Waals surface area contributed by atoms with E-state index >= 15 is 0 Å². The molecule has 0 amide bonds. The summed E-state index contributed by atoms with van der Waals surface area (Å²) in [7, 11) is 0. The number of nitrogens with one attached hydrogen (secondary N) is 1. The molecule has 142 valence electrons. The first-order chi connectivity index (χ1) is 12.6. The summed E-state index contributed by atoms with van der Waals surface area (Å²) in [6.07, 6.45) is 1.74. The van der Waals surface area contributed by atoms with Gasteiger partial charge in [-0.15, -0.1) is 0 Å². The predicted octanol–water partition coefficient (Wildman–Crippen LogP) is 4.32. The Labute approximate surface area is 158 Å². The summed E-state index contributed by atoms with van der Waals surface area (Å²) in [4.78, 5) is 0. The Morgan fingerprint density at radius 3 is 2.65 bits per heavy atom. The highest BCUT2D eigenvalue weighted by Crippen LogP contribution is 2.30. The molecule has 26 heavy (non-hydrogen) atoms. The molecule has 2 N–H and O–H groups in total. The molecule has 2 rings (SSSR count). The van der Waals surface area contributed by atoms with Crippen LogP contribution in [0.2, 0.25) is 5.02 Å². The van der Waals surface area contributed by atoms with Gasteiger partial charge in [-0.05, 0) is 56.1 Å². The van der Waals surface area contributed by atoms with E-state index in [-0.39, 0.29) is 19.0 Å². The molecule has 0 spiro atoms. The summed E-state index contributed by atoms with van der Waals surface area (Å²) in [5.41, 5.74) is 1.80. The van der Waals surface area contributed by atoms with E-state index in [1.165, 1.54) is 12.1 Å². The van der Waals surface area contributed by atoms with Crippen LogP contribution in [0.1, 0.15) is 30.9 Å². The topological polar surface area (TPSA) is 50.7 Å². The molecule has 6 heteroatoms. The van der Waals surface area contributed by atoms with Crippen LogP contribution in [0.3, 0.4) is 0 Å². The van der Waals surface area contributed by atoms with Gasteiger partial charge in [0.2, 0.25) is 0 Å². The van der Waals surface area contributed by atoms with Gasteiger partial charge in [-0.1, -0.05) is 23.7 Å². The van der Waals surface area contributed by atoms with Crippen molar-refractivity contribution in [3.05, 3.63) is 58.4 Å². The molecule has 0 bridgehead atoms. The number of benzene rings is 2. The Kier molecular flexibility index (Phi) is 8.68. The van der Waals surface area contributed by atoms with Gasteiger partial charge in [-0.2, -0.15) is 0 Å². The fourth-order valence-corrected chi connectivity index (χ4v) is 2.66. The van der Waals surface area contributed by atoms with E-state index < -0.39 is 0 Å². The molecule has 0 saturated carbocycles. The molecule has 2 aromatic rings. The molecule has 2 aromatic carbocycles. The zero-order valence-electron chi connectivity index (χ0n) is 14.9. The lowest BCUT2D eigenvalue weighted by molar-refractivity contribution is 0.269. The van der Waals surface area contributed by atoms with Crippen molar-refractivity contribution in [3.63, 3.8) is 0 Å². The molecule has 0 aliphatic heterocycles. The van der Waals surface area contributed by atoms with Crippen molar-refractivity contribution in [2.24, 2.45) is 0 Å². The molecule has 0 fully saturated rings. The summed E-state index contributed by atoms with van der Waals surface area (Å²) in [5.74, 6) is 0.918. The fourth-order valence-electron chi connectivity index (χ4n) is 2.44. The third-order valence-corrected chi connectivity index (χ3v) is 4.15. The van der Waals surface area contributed by atoms with Crippen LogP contribution in [-0.2, 0) is 13.2 Å². The van der Waals surface area contributed by atoms with Crippen LogP contribution in [0.5, 0.6) is 11.5 Å². The molecular formula is C20H25ClFNO3. The maximum atomic E-state index is 13.1. The van der Waals surface area contributed by atoms with Crippen LogP contribution < -0.4 is 14.8 Å². The lowest BCUT2D eigenvalue weighted by Crippen LogP contribution is -2.15. The van der Waals surface area contributed by atoms with E-state index in [1.54, 1.807) is 6.07 Å². The van der Waals surface area contributed by atoms with E-state index in [9.17, 15) is 4.39 Å². The molecule has 0 aliphatic carbocycles. The molecule has 0 heterocycles. The minimum Gasteiger partial charge on any atom is -0.490 e. The molecule has 0 aliphatic rings. The first-order valence-electron chi connectivity index (χ1n) is 8.78. The predicted molar refractivity (Wildman–Crippen MR) is 101 cm³/mol. The average molecular weight is 382 g/mol. The normalized spacial score (nSPS) is 10.8. The number of hydrogen-bond donors (Lipinski definition) is 2. The number of unbranched alkanes of at least 4 members (excludes halogenated alkanes) is 1. The molecule has 0 radical (unpaired) electrons. The average Bonchev–Trinajstić information content (AvgIpc) is 2.62. The molecule has 0 unspecified atom stereocenters. The third-order valence-electron chi connectivity index (χ3n) is 3.80. The molecule has 0 atom stereocenters. The van der Waals surface area contributed by atoms with E-state index in [0.29, 0.717) is 28.7 Å². The highest BCUT2D eigenvalue weighted by Gasteiger charge is 2.09. The Morgan fingerprint density at radius 1 is 1.08 bits per heavy atom. The van der Waals surface area contributed by atoms with Crippen molar-refractivity contribution in [2.45, 2.75) is 32.9 Å². The zero-order chi connectivity index (χ0) is 18.8. The quantitative estimate of drug-likeness (QED) is 0.569. The van der Waals surface area contributed by atoms with Crippen LogP contribution in [0.25, 0.3) is 0 Å². The number of aliphatic hydroxyl groups excluding tert-OH is 1. The van der Waals surface area contributed by atoms with Gasteiger partial charge >= 0.3 is 0 Å². The van der Waals surface area contributed by atoms with Gasteiger partial charge < -0.3 is 19.9 Å². The van der Waals surface area contributed by atoms with Gasteiger partial charge in [0.15, 0.2) is 11.5 Å². The highest BCUT2D eigenvalue weighted by atomic mass is 35.5. The summed E-state index contributed by atoms with van der Waals surface area (Å²) < 4.78 is 24.6. The van der Waals surface area contributed by atoms with Gasteiger partial charge in [0.1, 0.15) is 12.4 Å². The molecule has 0 saturated heterocycles. The zero-order valence-corrected chi connectivity index (χ0v) is 15.7. The van der Waals surface area contributed by atoms with E-state index in [2.05, 4.69) is 5.32 Å². The lowest BCUT2D eigenvalue weighted by atomic mass is 10.2. The van der Waals surface area contributed by atoms with Crippen molar-refractivity contribution in [3.8, 4) is 11.5 Å². The van der Waals surface area contributed by atoms with Gasteiger partial charge in [0.25, 0.3) is 0 Å². The van der Waals surface area contributed by atoms with Crippen LogP contribution >= 0.6 is 11.6 Å². The van der Waals surface area contributed by atoms with Crippen LogP contribution in [0, 0.1) is 5.82 Å². The number of aliphatic hydroxyl groups is 1. The SMILES string of the molecule is CCOc1cc(CNCCCCO)ccc1OCc1ccc(F)cc1Cl. The smallest absolute Gasteiger partial charge is 0.161 e. The standard InChI is InChI=1S/C20H25ClFNO3/c1-2-25-20-11-15(13-23-9-3-4-10-24)5-8-19(20)26-14-16-6-7-17(22)12-18(16)21/h5-8,11-12,23-24H,2-4,9-10,13-14H2,1H3. The number of halogens is 2. The first-order valence-corrected chi connectivity index (χ1v) is 9.16. The lowest BCUT2D eigenvalue weighted by Gasteiger charge is -2.14. The fraction of sp³-hybridized carbons (Fsp3) is 0.400. The Bertz CT molecular complexity index is 697. The van der Waals surface area contributed by atoms with Crippen molar-refractivity contribution in [1.82, 2.24) is 5.32 Å². The maximum absolute atomic E-state index is 13.1. The first kappa shape index (κ1) is 20.5. The van der Waals surface area contributed by atoms with Crippen LogP contribution in [0.15, 0.2) is 36.4 Å². The Morgan fingerprint density at radius 2 is 1.92 bits per heavy atom. The van der Waals surface area contributed by atoms with E-state index in [1.807, 2.05) is 25.1 Å². The van der Waals surface area contributed by atoms with Gasteiger partial charge in [-0.3, -0.25) is 0 Å². The summed E-state index contributed by atoms with van der Waals surface area (Å²) >= 11 is 6.04. The second-order valence-corrected chi connectivity index (χ2v) is 6.25. The van der Waals surface area contributed by atoms with Gasteiger partial charge in [0.05, 0.1) is 11.6 Å². The minimum absolute atomic E-state index is 0.222. The van der Waals surface area contributed by atoms with Crippen molar-refractivity contribution >= 4 is 11.6 Å². The molecule has 4 nitrogen and oxygen atoms in total. The summed E-state index contributed by atoms with van der Waals surface area (Å²) in [6.45, 7) is 4.47. The second-order valence-electron chi connectivity index (χ2n) is 5.85. The number of rotatable bonds is 11. The van der Waals surface area contributed by atoms with Crippen molar-refractivity contribution in [1.29, 1.82) is 0 Å². The molecule has 0 aromatic heterocycles. The van der Waals surface area contributed by atoms with E-state index in [0.717, 1.165) is 31.5 Å². The van der Waals surface area contributed by atoms with Gasteiger partial charge in [0, 0.05) is 18.7 Å². The van der Waals surface area contributed by atoms with Crippen LogP contribution in [0.4, 0.5) is 4.39 Å². The third kappa shape index (κ3) is 6.48. The Hall–Kier alpha value is -1.82. The van der Waals surface area contributed by atoms with Crippen LogP contribution in [-0.4, -0.2) is 24.9 Å². The largest absolute Gasteiger partial charge is 0.490 e. The second kappa shape index (κ2) is 11.0. The van der Waals surface area contributed by atoms with Gasteiger partial charge in [-0.25, -0.2) is 4.39 Å². The van der Waals surface area contributed by atoms with Crippen molar-refractivity contribution < 1.29 is 19.0 Å². The molecular weight excluding hydrogens is 357 g/mol. The number of ether oxygens (including phenoxy) is 2. The highest BCUT2D eigenvalue weighted by molar-refractivity contribution is 6.31. The Balaban J connectivity index is 1.98. The monoisotopic (exact) mass is 381 g/mol. The summed E-state index contributed by atoms with van der Waals surface area (Å²) in [6, 6.07) is 10.0. The maximum Gasteiger partial charge on any atom is 0.161 e. The number of hydrogen-bond acceptors (Lipinski definition) is 4.